The van der Waals surface area contributed by atoms with Crippen LogP contribution in [-0.2, 0) is 0 Å². The molecule has 0 spiro atoms. The summed E-state index contributed by atoms with van der Waals surface area (Å²) in [5.74, 6) is 0. The van der Waals surface area contributed by atoms with Crippen molar-refractivity contribution in [2.45, 2.75) is 0 Å². The summed E-state index contributed by atoms with van der Waals surface area (Å²) >= 11 is 0. The van der Waals surface area contributed by atoms with E-state index in [1.807, 2.05) is 36.4 Å². The molecule has 0 aromatic heterocycles. The molecule has 0 aliphatic carbocycles. The molecule has 0 aliphatic rings. The van der Waals surface area contributed by atoms with E-state index in [9.17, 15) is 0 Å². The van der Waals surface area contributed by atoms with Gasteiger partial charge in [-0.3, -0.25) is 0 Å². The van der Waals surface area contributed by atoms with Crippen molar-refractivity contribution < 1.29 is 35.6 Å². The molecule has 17 heavy (non-hydrogen) atoms. The third-order valence-corrected chi connectivity index (χ3v) is 2.29. The normalized spacial score (nSPS) is 10.6. The first-order valence-corrected chi connectivity index (χ1v) is 5.40. The molecule has 1 radical (unpaired) electrons. The fourth-order valence-electron chi connectivity index (χ4n) is 1.46. The van der Waals surface area contributed by atoms with E-state index in [-0.39, 0.29) is 35.6 Å². The van der Waals surface area contributed by atoms with Crippen LogP contribution in [0.4, 0.5) is 0 Å². The number of hydrogen-bond donors (Lipinski definition) is 0. The summed E-state index contributed by atoms with van der Waals surface area (Å²) in [7, 11) is 0. The predicted molar refractivity (Wildman–Crippen MR) is 71.0 cm³/mol. The van der Waals surface area contributed by atoms with E-state index in [0.717, 1.165) is 0 Å². The van der Waals surface area contributed by atoms with Gasteiger partial charge < -0.3 is 0 Å². The second-order valence-corrected chi connectivity index (χ2v) is 3.54. The van der Waals surface area contributed by atoms with Crippen LogP contribution in [0.5, 0.6) is 0 Å². The fourth-order valence-corrected chi connectivity index (χ4v) is 1.46. The third kappa shape index (κ3) is 5.32. The summed E-state index contributed by atoms with van der Waals surface area (Å²) in [6.45, 7) is 0. The Morgan fingerprint density at radius 2 is 0.882 bits per heavy atom. The van der Waals surface area contributed by atoms with Crippen LogP contribution in [0.1, 0.15) is 11.1 Å². The maximum atomic E-state index is 2.10. The van der Waals surface area contributed by atoms with Gasteiger partial charge in [-0.05, 0) is 11.1 Å². The molecule has 2 aromatic rings. The van der Waals surface area contributed by atoms with Crippen molar-refractivity contribution in [1.82, 2.24) is 0 Å². The second kappa shape index (κ2) is 8.24. The molecule has 0 saturated carbocycles. The van der Waals surface area contributed by atoms with Crippen molar-refractivity contribution in [2.24, 2.45) is 0 Å². The summed E-state index contributed by atoms with van der Waals surface area (Å²) in [6, 6.07) is 20.6. The van der Waals surface area contributed by atoms with Crippen molar-refractivity contribution >= 4 is 12.2 Å². The molecular formula is C16H14La. The Morgan fingerprint density at radius 1 is 0.529 bits per heavy atom. The number of allylic oxidation sites excluding steroid dienone is 2. The molecule has 1 heteroatoms. The van der Waals surface area contributed by atoms with Gasteiger partial charge in [-0.15, -0.1) is 0 Å². The van der Waals surface area contributed by atoms with E-state index >= 15 is 0 Å². The van der Waals surface area contributed by atoms with Crippen molar-refractivity contribution in [3.8, 4) is 0 Å². The molecular weight excluding hydrogens is 331 g/mol. The molecule has 0 fully saturated rings. The minimum atomic E-state index is 0. The Balaban J connectivity index is 0.00000144. The summed E-state index contributed by atoms with van der Waals surface area (Å²) in [6.07, 6.45) is 8.31. The standard InChI is InChI=1S/C16H14.La/c1-3-9-15(10-4-1)13-7-8-14-16-11-5-2-6-12-16;/h1-14H;. The summed E-state index contributed by atoms with van der Waals surface area (Å²) < 4.78 is 0. The van der Waals surface area contributed by atoms with Gasteiger partial charge in [-0.1, -0.05) is 85.0 Å². The molecule has 0 saturated heterocycles. The summed E-state index contributed by atoms with van der Waals surface area (Å²) in [5, 5.41) is 0. The van der Waals surface area contributed by atoms with Crippen LogP contribution >= 0.6 is 0 Å². The van der Waals surface area contributed by atoms with Gasteiger partial charge in [0, 0.05) is 35.6 Å². The Bertz CT molecular complexity index is 422. The van der Waals surface area contributed by atoms with Crippen LogP contribution in [0.15, 0.2) is 72.8 Å². The first-order chi connectivity index (χ1) is 7.95. The zero-order valence-corrected chi connectivity index (χ0v) is 13.3. The molecule has 0 amide bonds. The van der Waals surface area contributed by atoms with Crippen LogP contribution in [-0.4, -0.2) is 0 Å². The Kier molecular flexibility index (Phi) is 6.87. The summed E-state index contributed by atoms with van der Waals surface area (Å²) in [4.78, 5) is 0. The smallest absolute Gasteiger partial charge is 0 e. The molecule has 0 atom stereocenters. The Hall–Kier alpha value is -0.885. The quantitative estimate of drug-likeness (QED) is 0.723. The number of benzene rings is 2. The molecule has 0 nitrogen and oxygen atoms in total. The fraction of sp³-hybridized carbons (Fsp3) is 0. The van der Waals surface area contributed by atoms with E-state index in [1.54, 1.807) is 0 Å². The largest absolute Gasteiger partial charge is 0.0622 e. The topological polar surface area (TPSA) is 0 Å². The van der Waals surface area contributed by atoms with Gasteiger partial charge in [0.05, 0.1) is 0 Å². The van der Waals surface area contributed by atoms with E-state index in [0.29, 0.717) is 0 Å². The average Bonchev–Trinajstić information content (AvgIpc) is 2.37. The van der Waals surface area contributed by atoms with Crippen LogP contribution in [0.3, 0.4) is 0 Å². The molecule has 0 N–H and O–H groups in total. The van der Waals surface area contributed by atoms with Gasteiger partial charge in [-0.2, -0.15) is 0 Å². The van der Waals surface area contributed by atoms with Gasteiger partial charge in [0.1, 0.15) is 0 Å². The van der Waals surface area contributed by atoms with Crippen molar-refractivity contribution in [3.05, 3.63) is 83.9 Å². The first-order valence-electron chi connectivity index (χ1n) is 5.40. The van der Waals surface area contributed by atoms with Crippen LogP contribution in [0, 0.1) is 35.6 Å². The Morgan fingerprint density at radius 3 is 1.24 bits per heavy atom. The van der Waals surface area contributed by atoms with Gasteiger partial charge in [-0.25, -0.2) is 0 Å². The van der Waals surface area contributed by atoms with E-state index in [2.05, 4.69) is 48.6 Å². The van der Waals surface area contributed by atoms with E-state index < -0.39 is 0 Å². The molecule has 2 rings (SSSR count). The predicted octanol–water partition coefficient (Wildman–Crippen LogP) is 4.41. The van der Waals surface area contributed by atoms with Crippen LogP contribution in [0.2, 0.25) is 0 Å². The molecule has 81 valence electrons. The van der Waals surface area contributed by atoms with E-state index in [4.69, 9.17) is 0 Å². The third-order valence-electron chi connectivity index (χ3n) is 2.29. The monoisotopic (exact) mass is 345 g/mol. The SMILES string of the molecule is C(C=Cc1ccccc1)=Cc1ccccc1.[La]. The maximum Gasteiger partial charge on any atom is 0 e. The molecule has 0 unspecified atom stereocenters. The minimum Gasteiger partial charge on any atom is -0.0622 e. The molecule has 0 aliphatic heterocycles. The van der Waals surface area contributed by atoms with Crippen molar-refractivity contribution in [1.29, 1.82) is 0 Å². The molecule has 0 heterocycles. The Labute approximate surface area is 131 Å². The van der Waals surface area contributed by atoms with Crippen molar-refractivity contribution in [2.75, 3.05) is 0 Å². The number of hydrogen-bond acceptors (Lipinski definition) is 0. The minimum absolute atomic E-state index is 0. The van der Waals surface area contributed by atoms with Gasteiger partial charge in [0.15, 0.2) is 0 Å². The van der Waals surface area contributed by atoms with Gasteiger partial charge in [0.2, 0.25) is 0 Å². The zero-order chi connectivity index (χ0) is 11.1. The summed E-state index contributed by atoms with van der Waals surface area (Å²) in [5.41, 5.74) is 2.44. The zero-order valence-electron chi connectivity index (χ0n) is 9.66. The van der Waals surface area contributed by atoms with Crippen LogP contribution < -0.4 is 0 Å². The molecule has 2 aromatic carbocycles. The van der Waals surface area contributed by atoms with Gasteiger partial charge >= 0.3 is 0 Å². The van der Waals surface area contributed by atoms with E-state index in [1.165, 1.54) is 11.1 Å². The van der Waals surface area contributed by atoms with Crippen molar-refractivity contribution in [3.63, 3.8) is 0 Å². The number of rotatable bonds is 3. The second-order valence-electron chi connectivity index (χ2n) is 3.54. The maximum absolute atomic E-state index is 2.10. The van der Waals surface area contributed by atoms with Gasteiger partial charge in [0.25, 0.3) is 0 Å². The first kappa shape index (κ1) is 14.2. The van der Waals surface area contributed by atoms with Crippen LogP contribution in [0.25, 0.3) is 12.2 Å². The average molecular weight is 345 g/mol. The molecule has 0 bridgehead atoms.